The van der Waals surface area contributed by atoms with E-state index >= 15 is 0 Å². The van der Waals surface area contributed by atoms with E-state index in [-0.39, 0.29) is 16.9 Å². The van der Waals surface area contributed by atoms with E-state index in [1.54, 1.807) is 0 Å². The Labute approximate surface area is 163 Å². The number of aryl methyl sites for hydroxylation is 1. The number of halogens is 6. The summed E-state index contributed by atoms with van der Waals surface area (Å²) in [6.07, 6.45) is -8.62. The van der Waals surface area contributed by atoms with Crippen LogP contribution in [-0.4, -0.2) is 31.6 Å². The van der Waals surface area contributed by atoms with Crippen LogP contribution in [0.3, 0.4) is 0 Å². The summed E-state index contributed by atoms with van der Waals surface area (Å²) in [6, 6.07) is 2.80. The zero-order chi connectivity index (χ0) is 22.6. The van der Waals surface area contributed by atoms with E-state index in [2.05, 4.69) is 9.97 Å². The summed E-state index contributed by atoms with van der Waals surface area (Å²) >= 11 is 0. The van der Waals surface area contributed by atoms with E-state index in [9.17, 15) is 36.2 Å². The van der Waals surface area contributed by atoms with Gasteiger partial charge in [-0.15, -0.1) is 0 Å². The van der Waals surface area contributed by atoms with Crippen LogP contribution >= 0.6 is 0 Å². The molecule has 3 rings (SSSR count). The quantitative estimate of drug-likeness (QED) is 0.549. The van der Waals surface area contributed by atoms with Gasteiger partial charge in [-0.2, -0.15) is 26.3 Å². The van der Waals surface area contributed by atoms with Crippen molar-refractivity contribution in [3.8, 4) is 11.3 Å². The number of aliphatic hydroxyl groups is 1. The van der Waals surface area contributed by atoms with Gasteiger partial charge in [-0.1, -0.05) is 12.1 Å². The molecular formula is C17H13F6N5O2. The van der Waals surface area contributed by atoms with Crippen molar-refractivity contribution in [1.29, 1.82) is 0 Å². The fourth-order valence-electron chi connectivity index (χ4n) is 2.92. The number of aromatic nitrogens is 3. The number of alkyl halides is 6. The van der Waals surface area contributed by atoms with Gasteiger partial charge in [0, 0.05) is 17.3 Å². The highest BCUT2D eigenvalue weighted by Crippen LogP contribution is 2.41. The molecule has 5 N–H and O–H groups in total. The molecule has 30 heavy (non-hydrogen) atoms. The molecule has 1 amide bonds. The molecule has 1 unspecified atom stereocenters. The van der Waals surface area contributed by atoms with Crippen molar-refractivity contribution in [3.63, 3.8) is 0 Å². The number of carbonyl (C=O) groups is 1. The first-order chi connectivity index (χ1) is 13.7. The minimum Gasteiger partial charge on any atom is -0.381 e. The maximum atomic E-state index is 13.4. The third-order valence-electron chi connectivity index (χ3n) is 4.51. The highest BCUT2D eigenvalue weighted by molar-refractivity contribution is 5.86. The van der Waals surface area contributed by atoms with E-state index in [0.29, 0.717) is 11.8 Å². The maximum Gasteiger partial charge on any atom is 0.434 e. The molecule has 160 valence electrons. The number of nitrogens with two attached hydrogens (primary N) is 2. The van der Waals surface area contributed by atoms with Gasteiger partial charge in [0.15, 0.2) is 17.2 Å². The Morgan fingerprint density at radius 3 is 2.33 bits per heavy atom. The number of benzene rings is 1. The van der Waals surface area contributed by atoms with Crippen LogP contribution in [0.4, 0.5) is 32.2 Å². The molecule has 0 aliphatic heterocycles. The first-order valence-electron chi connectivity index (χ1n) is 8.09. The van der Waals surface area contributed by atoms with Gasteiger partial charge in [0.05, 0.1) is 11.9 Å². The Bertz CT molecular complexity index is 1150. The van der Waals surface area contributed by atoms with Crippen LogP contribution < -0.4 is 11.5 Å². The summed E-state index contributed by atoms with van der Waals surface area (Å²) in [5.74, 6) is -2.61. The van der Waals surface area contributed by atoms with Crippen LogP contribution in [0, 0.1) is 6.92 Å². The van der Waals surface area contributed by atoms with Gasteiger partial charge < -0.3 is 16.6 Å². The molecular weight excluding hydrogens is 420 g/mol. The molecule has 1 aromatic carbocycles. The number of primary amides is 1. The first kappa shape index (κ1) is 21.4. The van der Waals surface area contributed by atoms with E-state index < -0.39 is 40.9 Å². The summed E-state index contributed by atoms with van der Waals surface area (Å²) in [4.78, 5) is 18.5. The predicted octanol–water partition coefficient (Wildman–Crippen LogP) is 2.54. The van der Waals surface area contributed by atoms with Gasteiger partial charge in [-0.3, -0.25) is 9.20 Å². The third-order valence-corrected chi connectivity index (χ3v) is 4.51. The number of imidazole rings is 1. The van der Waals surface area contributed by atoms with Crippen LogP contribution in [0.15, 0.2) is 30.6 Å². The molecule has 2 aromatic heterocycles. The van der Waals surface area contributed by atoms with Crippen molar-refractivity contribution in [1.82, 2.24) is 14.4 Å². The summed E-state index contributed by atoms with van der Waals surface area (Å²) in [5.41, 5.74) is 4.12. The van der Waals surface area contributed by atoms with Crippen molar-refractivity contribution in [3.05, 3.63) is 47.4 Å². The monoisotopic (exact) mass is 433 g/mol. The van der Waals surface area contributed by atoms with Crippen LogP contribution in [0.5, 0.6) is 0 Å². The average molecular weight is 433 g/mol. The normalized spacial score (nSPS) is 14.7. The summed E-state index contributed by atoms with van der Waals surface area (Å²) in [6.45, 7) is 1.46. The Kier molecular flexibility index (Phi) is 4.69. The second kappa shape index (κ2) is 6.58. The van der Waals surface area contributed by atoms with Crippen LogP contribution in [0.1, 0.15) is 16.8 Å². The molecule has 0 spiro atoms. The van der Waals surface area contributed by atoms with Gasteiger partial charge in [-0.05, 0) is 18.6 Å². The molecule has 13 heteroatoms. The topological polar surface area (TPSA) is 120 Å². The second-order valence-electron chi connectivity index (χ2n) is 6.45. The number of amides is 1. The molecule has 3 aromatic rings. The number of anilines is 1. The highest BCUT2D eigenvalue weighted by atomic mass is 19.4. The number of rotatable bonds is 3. The first-order valence-corrected chi connectivity index (χ1v) is 8.09. The minimum absolute atomic E-state index is 0.0392. The number of nitrogens with zero attached hydrogens (tertiary/aromatic N) is 3. The van der Waals surface area contributed by atoms with E-state index in [1.807, 2.05) is 0 Å². The number of fused-ring (bicyclic) bond motifs is 1. The number of nitrogen functional groups attached to an aromatic ring is 1. The Morgan fingerprint density at radius 2 is 1.80 bits per heavy atom. The lowest BCUT2D eigenvalue weighted by Crippen LogP contribution is -2.52. The Hall–Kier alpha value is -3.35. The zero-order valence-corrected chi connectivity index (χ0v) is 15.0. The minimum atomic E-state index is -5.44. The molecule has 0 fully saturated rings. The third kappa shape index (κ3) is 3.20. The second-order valence-corrected chi connectivity index (χ2v) is 6.45. The fraction of sp³-hybridized carbons (Fsp3) is 0.235. The smallest absolute Gasteiger partial charge is 0.381 e. The molecule has 2 heterocycles. The van der Waals surface area contributed by atoms with Gasteiger partial charge in [0.25, 0.3) is 11.5 Å². The molecule has 0 saturated carbocycles. The molecule has 1 atom stereocenters. The Morgan fingerprint density at radius 1 is 1.17 bits per heavy atom. The summed E-state index contributed by atoms with van der Waals surface area (Å²) in [5, 5.41) is 10.0. The summed E-state index contributed by atoms with van der Waals surface area (Å²) in [7, 11) is 0. The lowest BCUT2D eigenvalue weighted by atomic mass is 9.89. The highest BCUT2D eigenvalue weighted by Gasteiger charge is 2.60. The Balaban J connectivity index is 2.30. The van der Waals surface area contributed by atoms with Crippen molar-refractivity contribution in [2.75, 3.05) is 5.73 Å². The van der Waals surface area contributed by atoms with E-state index in [1.165, 1.54) is 6.92 Å². The van der Waals surface area contributed by atoms with Crippen LogP contribution in [0.25, 0.3) is 16.9 Å². The van der Waals surface area contributed by atoms with Gasteiger partial charge >= 0.3 is 12.4 Å². The van der Waals surface area contributed by atoms with E-state index in [0.717, 1.165) is 28.8 Å². The zero-order valence-electron chi connectivity index (χ0n) is 15.0. The van der Waals surface area contributed by atoms with Gasteiger partial charge in [0.2, 0.25) is 0 Å². The average Bonchev–Trinajstić information content (AvgIpc) is 3.04. The van der Waals surface area contributed by atoms with Gasteiger partial charge in [0.1, 0.15) is 0 Å². The molecule has 0 saturated heterocycles. The number of hydrogen-bond acceptors (Lipinski definition) is 5. The largest absolute Gasteiger partial charge is 0.434 e. The maximum absolute atomic E-state index is 13.4. The molecule has 0 bridgehead atoms. The summed E-state index contributed by atoms with van der Waals surface area (Å²) < 4.78 is 80.4. The standard InChI is InChI=1S/C17H13F6N5O2/c1-7-2-3-8(15(30,14(25)29)17(21,22)23)4-9(7)10-5-26-13-12(24)27-11(6-28(10)13)16(18,19)20/h2-6,30H,1H3,(H2,24,27)(H2,25,29). The molecule has 0 radical (unpaired) electrons. The van der Waals surface area contributed by atoms with E-state index in [4.69, 9.17) is 11.5 Å². The lowest BCUT2D eigenvalue weighted by Gasteiger charge is -2.28. The SMILES string of the molecule is Cc1ccc(C(O)(C(N)=O)C(F)(F)F)cc1-c1cnc2c(N)nc(C(F)(F)F)cn12. The predicted molar refractivity (Wildman–Crippen MR) is 91.7 cm³/mol. The van der Waals surface area contributed by atoms with Crippen molar-refractivity contribution >= 4 is 17.4 Å². The van der Waals surface area contributed by atoms with Crippen molar-refractivity contribution in [2.45, 2.75) is 24.9 Å². The van der Waals surface area contributed by atoms with Crippen molar-refractivity contribution in [2.24, 2.45) is 5.73 Å². The number of carbonyl (C=O) groups excluding carboxylic acids is 1. The number of hydrogen-bond donors (Lipinski definition) is 3. The van der Waals surface area contributed by atoms with Gasteiger partial charge in [-0.25, -0.2) is 9.97 Å². The molecule has 0 aliphatic rings. The fourth-order valence-corrected chi connectivity index (χ4v) is 2.92. The molecule has 0 aliphatic carbocycles. The molecule has 7 nitrogen and oxygen atoms in total. The van der Waals surface area contributed by atoms with Crippen LogP contribution in [0.2, 0.25) is 0 Å². The lowest BCUT2D eigenvalue weighted by molar-refractivity contribution is -0.255. The van der Waals surface area contributed by atoms with Crippen molar-refractivity contribution < 1.29 is 36.2 Å². The van der Waals surface area contributed by atoms with Crippen LogP contribution in [-0.2, 0) is 16.6 Å².